The Kier molecular flexibility index (Phi) is 5.42. The first kappa shape index (κ1) is 17.1. The monoisotopic (exact) mass is 434 g/mol. The van der Waals surface area contributed by atoms with Crippen molar-refractivity contribution in [3.8, 4) is 5.75 Å². The molecule has 0 aromatic heterocycles. The summed E-state index contributed by atoms with van der Waals surface area (Å²) in [6.07, 6.45) is 0. The average Bonchev–Trinajstić information content (AvgIpc) is 2.46. The number of carbonyl (C=O) groups excluding carboxylic acids is 1. The van der Waals surface area contributed by atoms with Crippen LogP contribution < -0.4 is 10.1 Å². The van der Waals surface area contributed by atoms with Gasteiger partial charge in [0.2, 0.25) is 0 Å². The van der Waals surface area contributed by atoms with Gasteiger partial charge in [-0.25, -0.2) is 0 Å². The number of nitro groups is 1. The van der Waals surface area contributed by atoms with E-state index in [1.165, 1.54) is 36.4 Å². The molecule has 0 unspecified atom stereocenters. The van der Waals surface area contributed by atoms with Gasteiger partial charge in [0, 0.05) is 27.5 Å². The van der Waals surface area contributed by atoms with Crippen LogP contribution in [0, 0.1) is 13.7 Å². The van der Waals surface area contributed by atoms with Gasteiger partial charge in [-0.2, -0.15) is 8.78 Å². The van der Waals surface area contributed by atoms with Crippen LogP contribution in [0.15, 0.2) is 42.5 Å². The van der Waals surface area contributed by atoms with E-state index in [2.05, 4.69) is 10.1 Å². The van der Waals surface area contributed by atoms with Crippen LogP contribution in [0.3, 0.4) is 0 Å². The Balaban J connectivity index is 2.22. The topological polar surface area (TPSA) is 81.5 Å². The zero-order valence-electron chi connectivity index (χ0n) is 11.3. The molecule has 0 aliphatic rings. The van der Waals surface area contributed by atoms with Gasteiger partial charge in [-0.1, -0.05) is 6.07 Å². The number of anilines is 1. The van der Waals surface area contributed by atoms with Crippen molar-refractivity contribution >= 4 is 39.9 Å². The Labute approximate surface area is 142 Å². The van der Waals surface area contributed by atoms with Gasteiger partial charge < -0.3 is 10.1 Å². The highest BCUT2D eigenvalue weighted by atomic mass is 127. The van der Waals surface area contributed by atoms with Gasteiger partial charge in [0.15, 0.2) is 0 Å². The fourth-order valence-electron chi connectivity index (χ4n) is 1.75. The second kappa shape index (κ2) is 7.31. The van der Waals surface area contributed by atoms with Crippen LogP contribution in [0.4, 0.5) is 20.2 Å². The first-order chi connectivity index (χ1) is 10.9. The molecular weight excluding hydrogens is 425 g/mol. The van der Waals surface area contributed by atoms with Gasteiger partial charge in [-0.3, -0.25) is 14.9 Å². The zero-order chi connectivity index (χ0) is 17.0. The third-order valence-corrected chi connectivity index (χ3v) is 3.66. The van der Waals surface area contributed by atoms with E-state index in [-0.39, 0.29) is 22.7 Å². The first-order valence-corrected chi connectivity index (χ1v) is 7.25. The summed E-state index contributed by atoms with van der Waals surface area (Å²) in [5.41, 5.74) is 0.126. The second-order valence-electron chi connectivity index (χ2n) is 4.28. The SMILES string of the molecule is O=C(Nc1cccc(OC(F)F)c1)c1cc([N+](=O)[O-])ccc1I. The van der Waals surface area contributed by atoms with Crippen LogP contribution in [-0.4, -0.2) is 17.4 Å². The molecule has 9 heteroatoms. The molecule has 0 aliphatic heterocycles. The van der Waals surface area contributed by atoms with Crippen molar-refractivity contribution in [2.24, 2.45) is 0 Å². The van der Waals surface area contributed by atoms with Crippen molar-refractivity contribution in [1.82, 2.24) is 0 Å². The second-order valence-corrected chi connectivity index (χ2v) is 5.44. The molecule has 0 saturated heterocycles. The van der Waals surface area contributed by atoms with Crippen LogP contribution in [0.25, 0.3) is 0 Å². The minimum absolute atomic E-state index is 0.105. The quantitative estimate of drug-likeness (QED) is 0.438. The van der Waals surface area contributed by atoms with Crippen LogP contribution in [-0.2, 0) is 0 Å². The molecule has 6 nitrogen and oxygen atoms in total. The fourth-order valence-corrected chi connectivity index (χ4v) is 2.33. The minimum atomic E-state index is -2.97. The van der Waals surface area contributed by atoms with Crippen molar-refractivity contribution in [1.29, 1.82) is 0 Å². The Bertz CT molecular complexity index is 755. The zero-order valence-corrected chi connectivity index (χ0v) is 13.5. The standard InChI is InChI=1S/C14H9F2IN2O4/c15-14(16)23-10-3-1-2-8(6-10)18-13(20)11-7-9(19(21)22)4-5-12(11)17/h1-7,14H,(H,18,20). The van der Waals surface area contributed by atoms with Gasteiger partial charge in [0.05, 0.1) is 10.5 Å². The van der Waals surface area contributed by atoms with Crippen molar-refractivity contribution in [3.63, 3.8) is 0 Å². The number of non-ortho nitro benzene ring substituents is 1. The average molecular weight is 434 g/mol. The largest absolute Gasteiger partial charge is 0.435 e. The van der Waals surface area contributed by atoms with E-state index in [4.69, 9.17) is 0 Å². The molecule has 120 valence electrons. The fraction of sp³-hybridized carbons (Fsp3) is 0.0714. The highest BCUT2D eigenvalue weighted by molar-refractivity contribution is 14.1. The Morgan fingerprint density at radius 3 is 2.65 bits per heavy atom. The number of hydrogen-bond acceptors (Lipinski definition) is 4. The van der Waals surface area contributed by atoms with Crippen molar-refractivity contribution in [2.75, 3.05) is 5.32 Å². The molecule has 0 saturated carbocycles. The number of halogens is 3. The van der Waals surface area contributed by atoms with E-state index in [0.29, 0.717) is 3.57 Å². The summed E-state index contributed by atoms with van der Waals surface area (Å²) in [5, 5.41) is 13.3. The number of carbonyl (C=O) groups is 1. The summed E-state index contributed by atoms with van der Waals surface area (Å²) in [5.74, 6) is -0.696. The predicted octanol–water partition coefficient (Wildman–Crippen LogP) is 4.05. The van der Waals surface area contributed by atoms with Crippen molar-refractivity contribution in [2.45, 2.75) is 6.61 Å². The maximum absolute atomic E-state index is 12.2. The molecule has 2 aromatic rings. The summed E-state index contributed by atoms with van der Waals surface area (Å²) in [7, 11) is 0. The lowest BCUT2D eigenvalue weighted by Crippen LogP contribution is -2.14. The normalized spacial score (nSPS) is 10.4. The smallest absolute Gasteiger partial charge is 0.387 e. The van der Waals surface area contributed by atoms with Gasteiger partial charge in [-0.15, -0.1) is 0 Å². The van der Waals surface area contributed by atoms with Gasteiger partial charge in [0.1, 0.15) is 5.75 Å². The Hall–Kier alpha value is -2.30. The molecular formula is C14H9F2IN2O4. The van der Waals surface area contributed by atoms with E-state index in [1.807, 2.05) is 22.6 Å². The maximum Gasteiger partial charge on any atom is 0.387 e. The van der Waals surface area contributed by atoms with Crippen LogP contribution in [0.5, 0.6) is 5.75 Å². The van der Waals surface area contributed by atoms with Crippen LogP contribution in [0.2, 0.25) is 0 Å². The molecule has 0 atom stereocenters. The first-order valence-electron chi connectivity index (χ1n) is 6.17. The minimum Gasteiger partial charge on any atom is -0.435 e. The van der Waals surface area contributed by atoms with E-state index in [0.717, 1.165) is 6.07 Å². The molecule has 2 aromatic carbocycles. The molecule has 23 heavy (non-hydrogen) atoms. The lowest BCUT2D eigenvalue weighted by molar-refractivity contribution is -0.384. The number of alkyl halides is 2. The van der Waals surface area contributed by atoms with E-state index in [1.54, 1.807) is 0 Å². The number of amides is 1. The maximum atomic E-state index is 12.2. The third-order valence-electron chi connectivity index (χ3n) is 2.72. The summed E-state index contributed by atoms with van der Waals surface area (Å²) in [6.45, 7) is -2.97. The van der Waals surface area contributed by atoms with E-state index < -0.39 is 17.4 Å². The number of nitrogens with one attached hydrogen (secondary N) is 1. The summed E-state index contributed by atoms with van der Waals surface area (Å²) < 4.78 is 29.1. The highest BCUT2D eigenvalue weighted by Crippen LogP contribution is 2.23. The number of rotatable bonds is 5. The number of ether oxygens (including phenoxy) is 1. The number of nitrogens with zero attached hydrogens (tertiary/aromatic N) is 1. The van der Waals surface area contributed by atoms with Gasteiger partial charge in [-0.05, 0) is 40.8 Å². The molecule has 0 bridgehead atoms. The lowest BCUT2D eigenvalue weighted by atomic mass is 10.2. The van der Waals surface area contributed by atoms with Crippen LogP contribution >= 0.6 is 22.6 Å². The van der Waals surface area contributed by atoms with E-state index in [9.17, 15) is 23.7 Å². The van der Waals surface area contributed by atoms with E-state index >= 15 is 0 Å². The van der Waals surface area contributed by atoms with Crippen molar-refractivity contribution < 1.29 is 23.2 Å². The van der Waals surface area contributed by atoms with Crippen LogP contribution in [0.1, 0.15) is 10.4 Å². The molecule has 0 aliphatic carbocycles. The molecule has 0 heterocycles. The summed E-state index contributed by atoms with van der Waals surface area (Å²) in [6, 6.07) is 9.36. The number of hydrogen-bond donors (Lipinski definition) is 1. The predicted molar refractivity (Wildman–Crippen MR) is 86.8 cm³/mol. The Morgan fingerprint density at radius 2 is 2.00 bits per heavy atom. The number of benzene rings is 2. The third kappa shape index (κ3) is 4.58. The molecule has 2 rings (SSSR count). The molecule has 1 amide bonds. The van der Waals surface area contributed by atoms with Gasteiger partial charge in [0.25, 0.3) is 11.6 Å². The summed E-state index contributed by atoms with van der Waals surface area (Å²) >= 11 is 1.87. The van der Waals surface area contributed by atoms with Crippen molar-refractivity contribution in [3.05, 3.63) is 61.7 Å². The highest BCUT2D eigenvalue weighted by Gasteiger charge is 2.16. The lowest BCUT2D eigenvalue weighted by Gasteiger charge is -2.09. The number of nitro benzene ring substituents is 1. The van der Waals surface area contributed by atoms with Gasteiger partial charge >= 0.3 is 6.61 Å². The molecule has 0 spiro atoms. The molecule has 0 radical (unpaired) electrons. The Morgan fingerprint density at radius 1 is 1.26 bits per heavy atom. The molecule has 0 fully saturated rings. The summed E-state index contributed by atoms with van der Waals surface area (Å²) in [4.78, 5) is 22.4. The molecule has 1 N–H and O–H groups in total.